The van der Waals surface area contributed by atoms with Crippen LogP contribution in [-0.2, 0) is 6.54 Å². The first-order chi connectivity index (χ1) is 9.22. The molecule has 0 saturated carbocycles. The molecule has 2 rings (SSSR count). The molecule has 0 unspecified atom stereocenters. The third-order valence-electron chi connectivity index (χ3n) is 2.81. The zero-order valence-corrected chi connectivity index (χ0v) is 12.5. The fourth-order valence-electron chi connectivity index (χ4n) is 1.72. The largest absolute Gasteiger partial charge is 0.495 e. The number of hydrogen-bond donors (Lipinski definition) is 1. The van der Waals surface area contributed by atoms with Crippen molar-refractivity contribution in [1.82, 2.24) is 0 Å². The van der Waals surface area contributed by atoms with Gasteiger partial charge in [0.15, 0.2) is 0 Å². The first-order valence-electron chi connectivity index (χ1n) is 5.93. The highest BCUT2D eigenvalue weighted by atomic mass is 35.5. The van der Waals surface area contributed by atoms with Gasteiger partial charge in [-0.1, -0.05) is 23.7 Å². The molecule has 0 bridgehead atoms. The molecule has 4 heteroatoms. The molecular formula is C15H16ClNOS. The van der Waals surface area contributed by atoms with Gasteiger partial charge in [0.05, 0.1) is 12.1 Å². The highest BCUT2D eigenvalue weighted by Gasteiger charge is 2.01. The second kappa shape index (κ2) is 6.73. The molecule has 19 heavy (non-hydrogen) atoms. The van der Waals surface area contributed by atoms with E-state index in [1.807, 2.05) is 18.2 Å². The van der Waals surface area contributed by atoms with Gasteiger partial charge < -0.3 is 10.1 Å². The molecule has 0 radical (unpaired) electrons. The summed E-state index contributed by atoms with van der Waals surface area (Å²) in [6.07, 6.45) is 2.08. The van der Waals surface area contributed by atoms with Crippen LogP contribution in [0.25, 0.3) is 0 Å². The van der Waals surface area contributed by atoms with Gasteiger partial charge >= 0.3 is 0 Å². The Morgan fingerprint density at radius 3 is 2.53 bits per heavy atom. The Bertz CT molecular complexity index is 542. The van der Waals surface area contributed by atoms with E-state index in [2.05, 4.69) is 35.8 Å². The lowest BCUT2D eigenvalue weighted by Gasteiger charge is -2.09. The zero-order chi connectivity index (χ0) is 13.7. The van der Waals surface area contributed by atoms with E-state index in [1.165, 1.54) is 10.5 Å². The van der Waals surface area contributed by atoms with E-state index >= 15 is 0 Å². The Labute approximate surface area is 123 Å². The molecule has 0 aliphatic heterocycles. The average molecular weight is 294 g/mol. The number of halogens is 1. The van der Waals surface area contributed by atoms with Crippen molar-refractivity contribution in [2.45, 2.75) is 11.4 Å². The van der Waals surface area contributed by atoms with Crippen molar-refractivity contribution < 1.29 is 4.74 Å². The monoisotopic (exact) mass is 293 g/mol. The van der Waals surface area contributed by atoms with Crippen LogP contribution in [0, 0.1) is 0 Å². The van der Waals surface area contributed by atoms with Gasteiger partial charge in [0.25, 0.3) is 0 Å². The highest BCUT2D eigenvalue weighted by molar-refractivity contribution is 7.98. The van der Waals surface area contributed by atoms with Gasteiger partial charge in [0.2, 0.25) is 0 Å². The quantitative estimate of drug-likeness (QED) is 0.809. The van der Waals surface area contributed by atoms with Crippen molar-refractivity contribution in [2.75, 3.05) is 18.7 Å². The number of nitrogens with one attached hydrogen (secondary N) is 1. The number of rotatable bonds is 5. The molecule has 2 nitrogen and oxygen atoms in total. The maximum Gasteiger partial charge on any atom is 0.139 e. The number of benzene rings is 2. The third-order valence-corrected chi connectivity index (χ3v) is 3.86. The van der Waals surface area contributed by atoms with Crippen molar-refractivity contribution in [1.29, 1.82) is 0 Å². The number of hydrogen-bond acceptors (Lipinski definition) is 3. The van der Waals surface area contributed by atoms with E-state index in [9.17, 15) is 0 Å². The number of thioether (sulfide) groups is 1. The molecule has 100 valence electrons. The maximum absolute atomic E-state index is 5.99. The minimum atomic E-state index is 0.623. The Morgan fingerprint density at radius 2 is 1.89 bits per heavy atom. The van der Waals surface area contributed by atoms with Crippen LogP contribution >= 0.6 is 23.4 Å². The van der Waals surface area contributed by atoms with Crippen molar-refractivity contribution in [3.63, 3.8) is 0 Å². The molecule has 0 fully saturated rings. The Hall–Kier alpha value is -1.32. The van der Waals surface area contributed by atoms with Gasteiger partial charge in [-0.2, -0.15) is 0 Å². The van der Waals surface area contributed by atoms with E-state index in [1.54, 1.807) is 18.9 Å². The lowest BCUT2D eigenvalue weighted by molar-refractivity contribution is 0.415. The smallest absolute Gasteiger partial charge is 0.139 e. The summed E-state index contributed by atoms with van der Waals surface area (Å²) in [5.41, 5.74) is 2.24. The van der Waals surface area contributed by atoms with Gasteiger partial charge in [0.1, 0.15) is 5.75 Å². The normalized spacial score (nSPS) is 10.3. The van der Waals surface area contributed by atoms with Crippen LogP contribution in [0.1, 0.15) is 5.56 Å². The Kier molecular flexibility index (Phi) is 5.00. The van der Waals surface area contributed by atoms with E-state index in [0.717, 1.165) is 12.2 Å². The molecule has 0 amide bonds. The fourth-order valence-corrected chi connectivity index (χ4v) is 2.32. The van der Waals surface area contributed by atoms with Gasteiger partial charge in [-0.3, -0.25) is 0 Å². The molecule has 0 atom stereocenters. The topological polar surface area (TPSA) is 21.3 Å². The van der Waals surface area contributed by atoms with Gasteiger partial charge in [-0.05, 0) is 36.1 Å². The number of ether oxygens (including phenoxy) is 1. The van der Waals surface area contributed by atoms with Crippen molar-refractivity contribution in [3.05, 3.63) is 53.1 Å². The summed E-state index contributed by atoms with van der Waals surface area (Å²) in [5, 5.41) is 3.98. The van der Waals surface area contributed by atoms with Gasteiger partial charge in [-0.15, -0.1) is 11.8 Å². The first kappa shape index (κ1) is 14.1. The SMILES string of the molecule is COc1cc(NCc2ccc(SC)cc2)ccc1Cl. The lowest BCUT2D eigenvalue weighted by Crippen LogP contribution is -1.99. The third kappa shape index (κ3) is 3.82. The molecular weight excluding hydrogens is 278 g/mol. The fraction of sp³-hybridized carbons (Fsp3) is 0.200. The van der Waals surface area contributed by atoms with Crippen molar-refractivity contribution >= 4 is 29.1 Å². The molecule has 0 saturated heterocycles. The van der Waals surface area contributed by atoms with Crippen LogP contribution < -0.4 is 10.1 Å². The predicted octanol–water partition coefficient (Wildman–Crippen LogP) is 4.68. The highest BCUT2D eigenvalue weighted by Crippen LogP contribution is 2.27. The van der Waals surface area contributed by atoms with E-state index in [0.29, 0.717) is 10.8 Å². The lowest BCUT2D eigenvalue weighted by atomic mass is 10.2. The Balaban J connectivity index is 2.01. The molecule has 0 heterocycles. The molecule has 0 spiro atoms. The minimum absolute atomic E-state index is 0.623. The molecule has 2 aromatic rings. The van der Waals surface area contributed by atoms with Crippen LogP contribution in [0.2, 0.25) is 5.02 Å². The summed E-state index contributed by atoms with van der Waals surface area (Å²) in [4.78, 5) is 1.27. The second-order valence-corrected chi connectivity index (χ2v) is 5.34. The number of methoxy groups -OCH3 is 1. The summed E-state index contributed by atoms with van der Waals surface area (Å²) in [5.74, 6) is 0.685. The number of anilines is 1. The first-order valence-corrected chi connectivity index (χ1v) is 7.53. The van der Waals surface area contributed by atoms with Crippen LogP contribution in [-0.4, -0.2) is 13.4 Å². The Morgan fingerprint density at radius 1 is 1.16 bits per heavy atom. The van der Waals surface area contributed by atoms with Gasteiger partial charge in [-0.25, -0.2) is 0 Å². The average Bonchev–Trinajstić information content (AvgIpc) is 2.47. The minimum Gasteiger partial charge on any atom is -0.495 e. The van der Waals surface area contributed by atoms with E-state index in [4.69, 9.17) is 16.3 Å². The maximum atomic E-state index is 5.99. The molecule has 0 aromatic heterocycles. The molecule has 1 N–H and O–H groups in total. The summed E-state index contributed by atoms with van der Waals surface area (Å²) in [6.45, 7) is 0.777. The van der Waals surface area contributed by atoms with Gasteiger partial charge in [0, 0.05) is 23.2 Å². The van der Waals surface area contributed by atoms with Crippen LogP contribution in [0.4, 0.5) is 5.69 Å². The molecule has 2 aromatic carbocycles. The van der Waals surface area contributed by atoms with E-state index in [-0.39, 0.29) is 0 Å². The summed E-state index contributed by atoms with van der Waals surface area (Å²) in [6, 6.07) is 14.2. The molecule has 0 aliphatic rings. The molecule has 0 aliphatic carbocycles. The summed E-state index contributed by atoms with van der Waals surface area (Å²) >= 11 is 7.74. The zero-order valence-electron chi connectivity index (χ0n) is 10.9. The summed E-state index contributed by atoms with van der Waals surface area (Å²) < 4.78 is 5.19. The van der Waals surface area contributed by atoms with Crippen LogP contribution in [0.15, 0.2) is 47.4 Å². The predicted molar refractivity (Wildman–Crippen MR) is 83.6 cm³/mol. The standard InChI is InChI=1S/C15H16ClNOS/c1-18-15-9-12(5-8-14(15)16)17-10-11-3-6-13(19-2)7-4-11/h3-9,17H,10H2,1-2H3. The van der Waals surface area contributed by atoms with Crippen LogP contribution in [0.5, 0.6) is 5.75 Å². The summed E-state index contributed by atoms with van der Waals surface area (Å²) in [7, 11) is 1.62. The van der Waals surface area contributed by atoms with Crippen molar-refractivity contribution in [3.8, 4) is 5.75 Å². The second-order valence-electron chi connectivity index (χ2n) is 4.05. The van der Waals surface area contributed by atoms with E-state index < -0.39 is 0 Å². The van der Waals surface area contributed by atoms with Crippen LogP contribution in [0.3, 0.4) is 0 Å². The van der Waals surface area contributed by atoms with Crippen molar-refractivity contribution in [2.24, 2.45) is 0 Å².